The van der Waals surface area contributed by atoms with Gasteiger partial charge in [-0.05, 0) is 74.0 Å². The van der Waals surface area contributed by atoms with Crippen LogP contribution in [0.4, 0.5) is 5.69 Å². The number of non-ortho nitro benzene ring substituents is 1. The molecule has 0 aliphatic rings. The van der Waals surface area contributed by atoms with Crippen molar-refractivity contribution in [3.8, 4) is 11.5 Å². The van der Waals surface area contributed by atoms with E-state index >= 15 is 0 Å². The van der Waals surface area contributed by atoms with E-state index in [1.54, 1.807) is 24.3 Å². The smallest absolute Gasteiger partial charge is 0.346 e. The van der Waals surface area contributed by atoms with E-state index in [1.807, 2.05) is 13.8 Å². The molecule has 0 aliphatic carbocycles. The first kappa shape index (κ1) is 30.2. The summed E-state index contributed by atoms with van der Waals surface area (Å²) in [5, 5.41) is 11.2. The van der Waals surface area contributed by atoms with Gasteiger partial charge in [-0.25, -0.2) is 9.59 Å². The summed E-state index contributed by atoms with van der Waals surface area (Å²) in [6, 6.07) is 17.5. The first-order valence-electron chi connectivity index (χ1n) is 12.5. The van der Waals surface area contributed by atoms with Crippen LogP contribution < -0.4 is 9.47 Å². The number of hydrogen-bond donors (Lipinski definition) is 0. The Hall–Kier alpha value is -5.32. The van der Waals surface area contributed by atoms with E-state index in [0.717, 1.165) is 12.1 Å². The molecule has 11 nitrogen and oxygen atoms in total. The first-order valence-corrected chi connectivity index (χ1v) is 12.5. The summed E-state index contributed by atoms with van der Waals surface area (Å²) >= 11 is 0. The van der Waals surface area contributed by atoms with Gasteiger partial charge in [0.05, 0.1) is 18.1 Å². The molecule has 0 unspecified atom stereocenters. The minimum absolute atomic E-state index is 0.124. The second kappa shape index (κ2) is 14.7. The minimum Gasteiger partial charge on any atom is -0.494 e. The van der Waals surface area contributed by atoms with Gasteiger partial charge in [-0.2, -0.15) is 0 Å². The number of carbonyl (C=O) groups excluding carboxylic acids is 4. The minimum atomic E-state index is -1.21. The second-order valence-corrected chi connectivity index (χ2v) is 8.32. The summed E-state index contributed by atoms with van der Waals surface area (Å²) in [5.74, 6) is -2.40. The predicted molar refractivity (Wildman–Crippen MR) is 147 cm³/mol. The van der Waals surface area contributed by atoms with E-state index in [4.69, 9.17) is 18.9 Å². The highest BCUT2D eigenvalue weighted by molar-refractivity contribution is 6.18. The molecule has 0 aliphatic heterocycles. The van der Waals surface area contributed by atoms with Crippen LogP contribution in [0, 0.1) is 10.1 Å². The number of hydrogen-bond acceptors (Lipinski definition) is 10. The van der Waals surface area contributed by atoms with Crippen LogP contribution in [0.1, 0.15) is 40.1 Å². The van der Waals surface area contributed by atoms with Crippen molar-refractivity contribution in [1.82, 2.24) is 0 Å². The monoisotopic (exact) mass is 561 g/mol. The molecule has 0 N–H and O–H groups in total. The molecule has 11 heteroatoms. The summed E-state index contributed by atoms with van der Waals surface area (Å²) in [5.41, 5.74) is -0.331. The van der Waals surface area contributed by atoms with Gasteiger partial charge in [-0.15, -0.1) is 0 Å². The second-order valence-electron chi connectivity index (χ2n) is 8.32. The summed E-state index contributed by atoms with van der Waals surface area (Å²) < 4.78 is 20.8. The molecule has 0 amide bonds. The molecule has 41 heavy (non-hydrogen) atoms. The van der Waals surface area contributed by atoms with Gasteiger partial charge in [0.2, 0.25) is 0 Å². The zero-order valence-electron chi connectivity index (χ0n) is 22.4. The fourth-order valence-corrected chi connectivity index (χ4v) is 3.49. The fraction of sp³-hybridized carbons (Fsp3) is 0.200. The Labute approximate surface area is 235 Å². The predicted octanol–water partition coefficient (Wildman–Crippen LogP) is 4.63. The number of ether oxygens (including phenoxy) is 4. The number of nitro benzene ring substituents is 1. The highest BCUT2D eigenvalue weighted by Crippen LogP contribution is 2.18. The molecule has 3 rings (SSSR count). The van der Waals surface area contributed by atoms with Gasteiger partial charge in [0.25, 0.3) is 5.69 Å². The Morgan fingerprint density at radius 2 is 1.20 bits per heavy atom. The van der Waals surface area contributed by atoms with Crippen molar-refractivity contribution in [2.75, 3.05) is 26.4 Å². The number of esters is 2. The number of ketones is 2. The zero-order valence-corrected chi connectivity index (χ0v) is 22.4. The van der Waals surface area contributed by atoms with Gasteiger partial charge in [0, 0.05) is 23.3 Å². The summed E-state index contributed by atoms with van der Waals surface area (Å²) in [6.45, 7) is 3.14. The van der Waals surface area contributed by atoms with Crippen molar-refractivity contribution in [3.63, 3.8) is 0 Å². The van der Waals surface area contributed by atoms with Gasteiger partial charge in [0.15, 0.2) is 24.8 Å². The molecule has 0 saturated carbocycles. The van der Waals surface area contributed by atoms with E-state index in [9.17, 15) is 29.3 Å². The lowest BCUT2D eigenvalue weighted by Crippen LogP contribution is -2.23. The number of Topliss-reactive ketones (excluding diaryl/α,β-unsaturated/α-hetero) is 2. The third kappa shape index (κ3) is 8.85. The molecule has 0 atom stereocenters. The van der Waals surface area contributed by atoms with Crippen LogP contribution in [0.2, 0.25) is 0 Å². The molecular formula is C30H27NO10. The molecule has 0 heterocycles. The highest BCUT2D eigenvalue weighted by atomic mass is 16.6. The first-order chi connectivity index (χ1) is 19.7. The molecule has 3 aromatic carbocycles. The molecule has 3 aromatic rings. The number of rotatable bonds is 14. The Balaban J connectivity index is 1.75. The Kier molecular flexibility index (Phi) is 10.9. The van der Waals surface area contributed by atoms with Gasteiger partial charge >= 0.3 is 11.9 Å². The Morgan fingerprint density at radius 1 is 0.732 bits per heavy atom. The van der Waals surface area contributed by atoms with Crippen LogP contribution in [0.5, 0.6) is 11.5 Å². The molecule has 0 spiro atoms. The molecule has 0 aromatic heterocycles. The van der Waals surface area contributed by atoms with Crippen LogP contribution in [0.3, 0.4) is 0 Å². The van der Waals surface area contributed by atoms with Crippen molar-refractivity contribution in [2.24, 2.45) is 0 Å². The third-order valence-electron chi connectivity index (χ3n) is 5.48. The van der Waals surface area contributed by atoms with Gasteiger partial charge in [-0.1, -0.05) is 12.1 Å². The quantitative estimate of drug-likeness (QED) is 0.0519. The topological polar surface area (TPSA) is 148 Å². The lowest BCUT2D eigenvalue weighted by Gasteiger charge is -2.10. The van der Waals surface area contributed by atoms with E-state index in [0.29, 0.717) is 24.7 Å². The SMILES string of the molecule is CCOc1ccc(C(=O)COC(=O)C(=Cc2cccc([N+](=O)[O-])c2)C(=O)OCC(=O)c2ccc(OCC)cc2)cc1. The molecule has 0 fully saturated rings. The van der Waals surface area contributed by atoms with E-state index < -0.39 is 47.2 Å². The van der Waals surface area contributed by atoms with Gasteiger partial charge < -0.3 is 18.9 Å². The highest BCUT2D eigenvalue weighted by Gasteiger charge is 2.24. The van der Waals surface area contributed by atoms with Crippen LogP contribution in [-0.4, -0.2) is 54.9 Å². The van der Waals surface area contributed by atoms with Crippen molar-refractivity contribution >= 4 is 35.3 Å². The van der Waals surface area contributed by atoms with E-state index in [-0.39, 0.29) is 22.4 Å². The molecule has 0 bridgehead atoms. The van der Waals surface area contributed by atoms with Crippen LogP contribution in [0.25, 0.3) is 6.08 Å². The van der Waals surface area contributed by atoms with Crippen LogP contribution in [-0.2, 0) is 19.1 Å². The molecular weight excluding hydrogens is 534 g/mol. The average molecular weight is 562 g/mol. The van der Waals surface area contributed by atoms with Crippen molar-refractivity contribution in [2.45, 2.75) is 13.8 Å². The average Bonchev–Trinajstić information content (AvgIpc) is 2.98. The maximum atomic E-state index is 12.9. The molecule has 0 radical (unpaired) electrons. The number of nitrogens with zero attached hydrogens (tertiary/aromatic N) is 1. The lowest BCUT2D eigenvalue weighted by atomic mass is 10.1. The summed E-state index contributed by atoms with van der Waals surface area (Å²) in [7, 11) is 0. The normalized spacial score (nSPS) is 10.2. The van der Waals surface area contributed by atoms with E-state index in [1.165, 1.54) is 42.5 Å². The third-order valence-corrected chi connectivity index (χ3v) is 5.48. The van der Waals surface area contributed by atoms with Crippen molar-refractivity contribution in [1.29, 1.82) is 0 Å². The summed E-state index contributed by atoms with van der Waals surface area (Å²) in [4.78, 5) is 61.4. The lowest BCUT2D eigenvalue weighted by molar-refractivity contribution is -0.384. The zero-order chi connectivity index (χ0) is 29.8. The van der Waals surface area contributed by atoms with E-state index in [2.05, 4.69) is 0 Å². The largest absolute Gasteiger partial charge is 0.494 e. The summed E-state index contributed by atoms with van der Waals surface area (Å²) in [6.07, 6.45) is 1.03. The van der Waals surface area contributed by atoms with Crippen LogP contribution >= 0.6 is 0 Å². The van der Waals surface area contributed by atoms with Gasteiger partial charge in [0.1, 0.15) is 17.1 Å². The van der Waals surface area contributed by atoms with Gasteiger partial charge in [-0.3, -0.25) is 19.7 Å². The number of nitro groups is 1. The molecule has 0 saturated heterocycles. The number of carbonyl (C=O) groups is 4. The molecule has 212 valence electrons. The maximum Gasteiger partial charge on any atom is 0.346 e. The Morgan fingerprint density at radius 3 is 1.61 bits per heavy atom. The van der Waals surface area contributed by atoms with Crippen LogP contribution in [0.15, 0.2) is 78.4 Å². The van der Waals surface area contributed by atoms with Crippen molar-refractivity contribution in [3.05, 3.63) is 105 Å². The van der Waals surface area contributed by atoms with Crippen molar-refractivity contribution < 1.29 is 43.0 Å². The number of benzene rings is 3. The Bertz CT molecular complexity index is 1360. The maximum absolute atomic E-state index is 12.9. The fourth-order valence-electron chi connectivity index (χ4n) is 3.49. The standard InChI is InChI=1S/C30H27NO10/c1-3-38-24-12-8-21(9-13-24)27(32)18-40-29(34)26(17-20-6-5-7-23(16-20)31(36)37)30(35)41-19-28(33)22-10-14-25(15-11-22)39-4-2/h5-17H,3-4,18-19H2,1-2H3.